The van der Waals surface area contributed by atoms with Gasteiger partial charge in [-0.05, 0) is 23.8 Å². The van der Waals surface area contributed by atoms with Gasteiger partial charge in [0.2, 0.25) is 0 Å². The minimum Gasteiger partial charge on any atom is -0.361 e. The summed E-state index contributed by atoms with van der Waals surface area (Å²) >= 11 is 0. The van der Waals surface area contributed by atoms with Gasteiger partial charge in [0.1, 0.15) is 6.04 Å². The number of benzene rings is 2. The van der Waals surface area contributed by atoms with Crippen LogP contribution in [0, 0.1) is 0 Å². The average Bonchev–Trinajstić information content (AvgIpc) is 3.13. The lowest BCUT2D eigenvalue weighted by atomic mass is 10.0. The second-order valence-electron chi connectivity index (χ2n) is 6.01. The maximum absolute atomic E-state index is 12.7. The van der Waals surface area contributed by atoms with Crippen molar-refractivity contribution in [1.29, 1.82) is 0 Å². The maximum Gasteiger partial charge on any atom is 0.262 e. The van der Waals surface area contributed by atoms with E-state index < -0.39 is 17.9 Å². The van der Waals surface area contributed by atoms with Gasteiger partial charge in [-0.15, -0.1) is 0 Å². The summed E-state index contributed by atoms with van der Waals surface area (Å²) in [7, 11) is 2.11. The van der Waals surface area contributed by atoms with Crippen molar-refractivity contribution in [3.05, 3.63) is 71.4 Å². The predicted molar refractivity (Wildman–Crippen MR) is 97.4 cm³/mol. The molecule has 2 atom stereocenters. The number of nitrogens with zero attached hydrogens (tertiary/aromatic N) is 1. The zero-order valence-electron chi connectivity index (χ0n) is 13.2. The molecule has 0 saturated carbocycles. The van der Waals surface area contributed by atoms with E-state index in [2.05, 4.69) is 14.2 Å². The van der Waals surface area contributed by atoms with Crippen molar-refractivity contribution in [2.75, 3.05) is 0 Å². The quantitative estimate of drug-likeness (QED) is 0.581. The first kappa shape index (κ1) is 15.7. The van der Waals surface area contributed by atoms with E-state index in [0.29, 0.717) is 11.1 Å². The molecular weight excluding hydrogens is 335 g/mol. The largest absolute Gasteiger partial charge is 0.361 e. The Kier molecular flexibility index (Phi) is 3.74. The molecule has 2 aromatic carbocycles. The maximum atomic E-state index is 12.7. The van der Waals surface area contributed by atoms with Crippen LogP contribution in [-0.4, -0.2) is 33.3 Å². The van der Waals surface area contributed by atoms with Crippen molar-refractivity contribution in [3.8, 4) is 0 Å². The van der Waals surface area contributed by atoms with Crippen molar-refractivity contribution in [2.24, 2.45) is 0 Å². The van der Waals surface area contributed by atoms with Crippen LogP contribution in [0.1, 0.15) is 26.3 Å². The van der Waals surface area contributed by atoms with E-state index in [4.69, 9.17) is 0 Å². The van der Waals surface area contributed by atoms with E-state index >= 15 is 0 Å². The summed E-state index contributed by atoms with van der Waals surface area (Å²) in [6.07, 6.45) is 2.10. The standard InChI is InChI=1S/C19H15N2O3P/c22-17-13-6-1-2-7-14(13)18(23)21(17)16(19(24)25)9-11-10-20-15-8-4-3-5-12(11)15/h1-8,10,16,20H,9,25H2. The van der Waals surface area contributed by atoms with Crippen LogP contribution >= 0.6 is 9.24 Å². The molecule has 0 fully saturated rings. The molecule has 1 aliphatic heterocycles. The van der Waals surface area contributed by atoms with Crippen LogP contribution in [0.15, 0.2) is 54.7 Å². The van der Waals surface area contributed by atoms with Gasteiger partial charge in [0.05, 0.1) is 11.1 Å². The number of imide groups is 1. The molecular formula is C19H15N2O3P. The fourth-order valence-electron chi connectivity index (χ4n) is 3.32. The fourth-order valence-corrected chi connectivity index (χ4v) is 3.59. The third kappa shape index (κ3) is 2.48. The Balaban J connectivity index is 1.73. The van der Waals surface area contributed by atoms with Crippen LogP contribution in [-0.2, 0) is 11.2 Å². The van der Waals surface area contributed by atoms with Gasteiger partial charge in [-0.3, -0.25) is 19.3 Å². The van der Waals surface area contributed by atoms with Crippen LogP contribution in [0.3, 0.4) is 0 Å². The van der Waals surface area contributed by atoms with Crippen LogP contribution in [0.4, 0.5) is 0 Å². The van der Waals surface area contributed by atoms with E-state index in [1.54, 1.807) is 24.3 Å². The van der Waals surface area contributed by atoms with E-state index in [-0.39, 0.29) is 11.9 Å². The molecule has 1 aliphatic rings. The minimum absolute atomic E-state index is 0.276. The lowest BCUT2D eigenvalue weighted by Crippen LogP contribution is -2.44. The number of hydrogen-bond acceptors (Lipinski definition) is 3. The van der Waals surface area contributed by atoms with Gasteiger partial charge in [-0.25, -0.2) is 0 Å². The van der Waals surface area contributed by atoms with Gasteiger partial charge in [-0.2, -0.15) is 0 Å². The number of rotatable bonds is 4. The van der Waals surface area contributed by atoms with Gasteiger partial charge < -0.3 is 4.98 Å². The molecule has 2 unspecified atom stereocenters. The Morgan fingerprint density at radius 1 is 1.00 bits per heavy atom. The first-order valence-electron chi connectivity index (χ1n) is 7.89. The Morgan fingerprint density at radius 3 is 2.24 bits per heavy atom. The number of aromatic amines is 1. The number of nitrogens with one attached hydrogen (secondary N) is 1. The topological polar surface area (TPSA) is 70.2 Å². The molecule has 0 spiro atoms. The lowest BCUT2D eigenvalue weighted by Gasteiger charge is -2.23. The summed E-state index contributed by atoms with van der Waals surface area (Å²) in [5.74, 6) is -0.831. The fraction of sp³-hybridized carbons (Fsp3) is 0.105. The zero-order valence-corrected chi connectivity index (χ0v) is 14.4. The second kappa shape index (κ2) is 5.94. The SMILES string of the molecule is O=C(P)C(Cc1c[nH]c2ccccc12)N1C(=O)c2ccccc2C1=O. The number of para-hydroxylation sites is 1. The molecule has 0 bridgehead atoms. The van der Waals surface area contributed by atoms with Gasteiger partial charge in [0.25, 0.3) is 11.8 Å². The molecule has 3 aromatic rings. The highest BCUT2D eigenvalue weighted by Crippen LogP contribution is 2.28. The summed E-state index contributed by atoms with van der Waals surface area (Å²) in [6, 6.07) is 13.5. The monoisotopic (exact) mass is 350 g/mol. The van der Waals surface area contributed by atoms with Crippen LogP contribution in [0.25, 0.3) is 10.9 Å². The Labute approximate surface area is 146 Å². The van der Waals surface area contributed by atoms with Gasteiger partial charge >= 0.3 is 0 Å². The second-order valence-corrected chi connectivity index (χ2v) is 6.58. The predicted octanol–water partition coefficient (Wildman–Crippen LogP) is 2.78. The summed E-state index contributed by atoms with van der Waals surface area (Å²) in [6.45, 7) is 0. The normalized spacial score (nSPS) is 14.8. The van der Waals surface area contributed by atoms with Gasteiger partial charge in [-0.1, -0.05) is 39.6 Å². The Hall–Kier alpha value is -2.78. The number of hydrogen-bond donors (Lipinski definition) is 1. The van der Waals surface area contributed by atoms with Crippen molar-refractivity contribution >= 4 is 37.5 Å². The van der Waals surface area contributed by atoms with Crippen molar-refractivity contribution in [3.63, 3.8) is 0 Å². The van der Waals surface area contributed by atoms with Crippen molar-refractivity contribution in [2.45, 2.75) is 12.5 Å². The molecule has 124 valence electrons. The number of aromatic nitrogens is 1. The minimum atomic E-state index is -0.850. The molecule has 5 nitrogen and oxygen atoms in total. The van der Waals surface area contributed by atoms with Gasteiger partial charge in [0.15, 0.2) is 5.52 Å². The molecule has 0 aliphatic carbocycles. The lowest BCUT2D eigenvalue weighted by molar-refractivity contribution is -0.114. The van der Waals surface area contributed by atoms with E-state index in [9.17, 15) is 14.4 Å². The molecule has 2 amide bonds. The smallest absolute Gasteiger partial charge is 0.262 e. The van der Waals surface area contributed by atoms with Gasteiger partial charge in [0, 0.05) is 23.5 Å². The number of carbonyl (C=O) groups excluding carboxylic acids is 3. The van der Waals surface area contributed by atoms with E-state index in [1.807, 2.05) is 30.5 Å². The average molecular weight is 350 g/mol. The number of carbonyl (C=O) groups is 3. The molecule has 0 radical (unpaired) electrons. The first-order chi connectivity index (χ1) is 12.1. The summed E-state index contributed by atoms with van der Waals surface area (Å²) in [4.78, 5) is 41.8. The van der Waals surface area contributed by atoms with Crippen molar-refractivity contribution < 1.29 is 14.4 Å². The molecule has 1 aromatic heterocycles. The summed E-state index contributed by atoms with van der Waals surface area (Å²) in [5, 5.41) is 0.982. The number of amides is 2. The highest BCUT2D eigenvalue weighted by atomic mass is 31.0. The molecule has 1 N–H and O–H groups in total. The molecule has 25 heavy (non-hydrogen) atoms. The van der Waals surface area contributed by atoms with E-state index in [1.165, 1.54) is 0 Å². The molecule has 4 rings (SSSR count). The van der Waals surface area contributed by atoms with Crippen molar-refractivity contribution in [1.82, 2.24) is 9.88 Å². The zero-order chi connectivity index (χ0) is 17.6. The summed E-state index contributed by atoms with van der Waals surface area (Å²) < 4.78 is 0. The number of H-pyrrole nitrogens is 1. The molecule has 6 heteroatoms. The molecule has 2 heterocycles. The summed E-state index contributed by atoms with van der Waals surface area (Å²) in [5.41, 5.74) is 2.26. The third-order valence-corrected chi connectivity index (χ3v) is 4.94. The highest BCUT2D eigenvalue weighted by molar-refractivity contribution is 7.40. The first-order valence-corrected chi connectivity index (χ1v) is 8.47. The highest BCUT2D eigenvalue weighted by Gasteiger charge is 2.41. The molecule has 0 saturated heterocycles. The van der Waals surface area contributed by atoms with Crippen LogP contribution in [0.5, 0.6) is 0 Å². The Bertz CT molecular complexity index is 989. The van der Waals surface area contributed by atoms with Crippen LogP contribution in [0.2, 0.25) is 0 Å². The Morgan fingerprint density at radius 2 is 1.60 bits per heavy atom. The third-order valence-electron chi connectivity index (χ3n) is 4.55. The van der Waals surface area contributed by atoms with E-state index in [0.717, 1.165) is 21.4 Å². The number of fused-ring (bicyclic) bond motifs is 2. The van der Waals surface area contributed by atoms with Crippen LogP contribution < -0.4 is 0 Å².